The molecule has 0 bridgehead atoms. The summed E-state index contributed by atoms with van der Waals surface area (Å²) in [5.41, 5.74) is 1.32. The summed E-state index contributed by atoms with van der Waals surface area (Å²) in [4.78, 5) is 0. The topological polar surface area (TPSA) is 20.2 Å². The molecule has 96 valence electrons. The van der Waals surface area contributed by atoms with E-state index in [2.05, 4.69) is 45.0 Å². The van der Waals surface area contributed by atoms with Crippen LogP contribution in [0.3, 0.4) is 0 Å². The van der Waals surface area contributed by atoms with E-state index in [0.29, 0.717) is 6.04 Å². The SMILES string of the molecule is CC[N+](CC)(CC)C(CO)Cc1ccccc1. The van der Waals surface area contributed by atoms with E-state index in [1.807, 2.05) is 6.07 Å². The van der Waals surface area contributed by atoms with Crippen molar-refractivity contribution in [3.05, 3.63) is 35.9 Å². The Labute approximate surface area is 105 Å². The predicted octanol–water partition coefficient (Wildman–Crippen LogP) is 2.47. The van der Waals surface area contributed by atoms with Crippen LogP contribution in [0.2, 0.25) is 0 Å². The minimum Gasteiger partial charge on any atom is -0.390 e. The molecule has 0 aromatic heterocycles. The van der Waals surface area contributed by atoms with Crippen LogP contribution in [-0.2, 0) is 6.42 Å². The van der Waals surface area contributed by atoms with Crippen molar-refractivity contribution < 1.29 is 9.59 Å². The zero-order valence-electron chi connectivity index (χ0n) is 11.4. The highest BCUT2D eigenvalue weighted by atomic mass is 16.3. The van der Waals surface area contributed by atoms with Crippen LogP contribution in [0.15, 0.2) is 30.3 Å². The molecule has 0 saturated heterocycles. The normalized spacial score (nSPS) is 13.6. The maximum absolute atomic E-state index is 9.70. The molecule has 2 heteroatoms. The number of rotatable bonds is 7. The van der Waals surface area contributed by atoms with Crippen LogP contribution in [0, 0.1) is 0 Å². The van der Waals surface area contributed by atoms with E-state index >= 15 is 0 Å². The summed E-state index contributed by atoms with van der Waals surface area (Å²) in [5.74, 6) is 0. The number of hydrogen-bond acceptors (Lipinski definition) is 1. The number of aliphatic hydroxyl groups is 1. The molecule has 0 saturated carbocycles. The van der Waals surface area contributed by atoms with Crippen molar-refractivity contribution in [2.45, 2.75) is 33.2 Å². The quantitative estimate of drug-likeness (QED) is 0.721. The number of likely N-dealkylation sites (N-methyl/N-ethyl adjacent to an activating group) is 1. The zero-order valence-corrected chi connectivity index (χ0v) is 11.4. The average molecular weight is 236 g/mol. The Balaban J connectivity index is 2.83. The zero-order chi connectivity index (χ0) is 12.7. The first-order valence-corrected chi connectivity index (χ1v) is 6.73. The van der Waals surface area contributed by atoms with Crippen molar-refractivity contribution in [2.24, 2.45) is 0 Å². The first-order valence-electron chi connectivity index (χ1n) is 6.73. The summed E-state index contributed by atoms with van der Waals surface area (Å²) >= 11 is 0. The van der Waals surface area contributed by atoms with E-state index < -0.39 is 0 Å². The van der Waals surface area contributed by atoms with E-state index in [0.717, 1.165) is 30.5 Å². The van der Waals surface area contributed by atoms with E-state index in [4.69, 9.17) is 0 Å². The van der Waals surface area contributed by atoms with Gasteiger partial charge in [-0.05, 0) is 26.3 Å². The summed E-state index contributed by atoms with van der Waals surface area (Å²) in [7, 11) is 0. The van der Waals surface area contributed by atoms with Crippen molar-refractivity contribution in [1.82, 2.24) is 0 Å². The largest absolute Gasteiger partial charge is 0.390 e. The van der Waals surface area contributed by atoms with Crippen molar-refractivity contribution >= 4 is 0 Å². The second kappa shape index (κ2) is 6.77. The highest BCUT2D eigenvalue weighted by molar-refractivity contribution is 5.15. The van der Waals surface area contributed by atoms with E-state index in [1.165, 1.54) is 5.56 Å². The van der Waals surface area contributed by atoms with E-state index in [1.54, 1.807) is 0 Å². The Morgan fingerprint density at radius 2 is 1.53 bits per heavy atom. The van der Waals surface area contributed by atoms with Gasteiger partial charge in [-0.2, -0.15) is 0 Å². The summed E-state index contributed by atoms with van der Waals surface area (Å²) in [6.07, 6.45) is 0.965. The van der Waals surface area contributed by atoms with Crippen molar-refractivity contribution in [1.29, 1.82) is 0 Å². The number of aliphatic hydroxyl groups excluding tert-OH is 1. The molecule has 0 radical (unpaired) electrons. The molecule has 0 aliphatic heterocycles. The standard InChI is InChI=1S/C15H26NO/c1-4-16(5-2,6-3)15(13-17)12-14-10-8-7-9-11-14/h7-11,15,17H,4-6,12-13H2,1-3H3/q+1. The van der Waals surface area contributed by atoms with Crippen molar-refractivity contribution in [3.8, 4) is 0 Å². The third-order valence-corrected chi connectivity index (χ3v) is 4.19. The van der Waals surface area contributed by atoms with E-state index in [-0.39, 0.29) is 6.61 Å². The summed E-state index contributed by atoms with van der Waals surface area (Å²) < 4.78 is 1.01. The van der Waals surface area contributed by atoms with Gasteiger partial charge in [0, 0.05) is 6.42 Å². The number of benzene rings is 1. The summed E-state index contributed by atoms with van der Waals surface area (Å²) in [6, 6.07) is 10.8. The molecule has 1 rings (SSSR count). The molecular weight excluding hydrogens is 210 g/mol. The van der Waals surface area contributed by atoms with Crippen LogP contribution in [0.5, 0.6) is 0 Å². The molecule has 0 spiro atoms. The molecule has 0 aliphatic rings. The molecule has 2 nitrogen and oxygen atoms in total. The molecule has 1 aromatic rings. The Morgan fingerprint density at radius 1 is 1.00 bits per heavy atom. The van der Waals surface area contributed by atoms with Gasteiger partial charge in [0.15, 0.2) is 0 Å². The van der Waals surface area contributed by atoms with Gasteiger partial charge in [-0.25, -0.2) is 0 Å². The van der Waals surface area contributed by atoms with Crippen LogP contribution < -0.4 is 0 Å². The number of nitrogens with zero attached hydrogens (tertiary/aromatic N) is 1. The summed E-state index contributed by atoms with van der Waals surface area (Å²) in [6.45, 7) is 10.2. The lowest BCUT2D eigenvalue weighted by Crippen LogP contribution is -2.57. The highest BCUT2D eigenvalue weighted by Gasteiger charge is 2.31. The number of hydrogen-bond donors (Lipinski definition) is 1. The first kappa shape index (κ1) is 14.2. The van der Waals surface area contributed by atoms with Crippen molar-refractivity contribution in [3.63, 3.8) is 0 Å². The van der Waals surface area contributed by atoms with Gasteiger partial charge in [-0.1, -0.05) is 30.3 Å². The van der Waals surface area contributed by atoms with Gasteiger partial charge in [0.25, 0.3) is 0 Å². The lowest BCUT2D eigenvalue weighted by atomic mass is 10.0. The minimum absolute atomic E-state index is 0.268. The van der Waals surface area contributed by atoms with E-state index in [9.17, 15) is 5.11 Å². The minimum atomic E-state index is 0.268. The predicted molar refractivity (Wildman–Crippen MR) is 72.9 cm³/mol. The second-order valence-electron chi connectivity index (χ2n) is 4.69. The smallest absolute Gasteiger partial charge is 0.116 e. The van der Waals surface area contributed by atoms with Gasteiger partial charge in [-0.15, -0.1) is 0 Å². The summed E-state index contributed by atoms with van der Waals surface area (Å²) in [5, 5.41) is 9.70. The third-order valence-electron chi connectivity index (χ3n) is 4.19. The van der Waals surface area contributed by atoms with Crippen LogP contribution in [-0.4, -0.2) is 41.9 Å². The lowest BCUT2D eigenvalue weighted by Gasteiger charge is -2.42. The molecule has 1 atom stereocenters. The monoisotopic (exact) mass is 236 g/mol. The van der Waals surface area contributed by atoms with Gasteiger partial charge < -0.3 is 9.59 Å². The van der Waals surface area contributed by atoms with Crippen LogP contribution in [0.1, 0.15) is 26.3 Å². The second-order valence-corrected chi connectivity index (χ2v) is 4.69. The van der Waals surface area contributed by atoms with Gasteiger partial charge in [0.1, 0.15) is 6.04 Å². The lowest BCUT2D eigenvalue weighted by molar-refractivity contribution is -0.947. The van der Waals surface area contributed by atoms with Gasteiger partial charge in [-0.3, -0.25) is 0 Å². The van der Waals surface area contributed by atoms with Crippen molar-refractivity contribution in [2.75, 3.05) is 26.2 Å². The fourth-order valence-electron chi connectivity index (χ4n) is 2.76. The molecular formula is C15H26NO+. The maximum atomic E-state index is 9.70. The Hall–Kier alpha value is -0.860. The molecule has 1 N–H and O–H groups in total. The molecule has 1 aromatic carbocycles. The Bertz CT molecular complexity index is 298. The average Bonchev–Trinajstić information content (AvgIpc) is 2.41. The fourth-order valence-corrected chi connectivity index (χ4v) is 2.76. The van der Waals surface area contributed by atoms with Crippen LogP contribution >= 0.6 is 0 Å². The molecule has 0 amide bonds. The fraction of sp³-hybridized carbons (Fsp3) is 0.600. The molecule has 1 unspecified atom stereocenters. The van der Waals surface area contributed by atoms with Crippen LogP contribution in [0.4, 0.5) is 0 Å². The maximum Gasteiger partial charge on any atom is 0.116 e. The number of quaternary nitrogens is 1. The van der Waals surface area contributed by atoms with Crippen LogP contribution in [0.25, 0.3) is 0 Å². The highest BCUT2D eigenvalue weighted by Crippen LogP contribution is 2.17. The molecule has 17 heavy (non-hydrogen) atoms. The van der Waals surface area contributed by atoms with Gasteiger partial charge >= 0.3 is 0 Å². The first-order chi connectivity index (χ1) is 8.22. The Kier molecular flexibility index (Phi) is 5.66. The van der Waals surface area contributed by atoms with Gasteiger partial charge in [0.05, 0.1) is 26.2 Å². The molecule has 0 heterocycles. The third kappa shape index (κ3) is 3.30. The Morgan fingerprint density at radius 3 is 1.94 bits per heavy atom. The molecule has 0 fully saturated rings. The van der Waals surface area contributed by atoms with Gasteiger partial charge in [0.2, 0.25) is 0 Å². The molecule has 0 aliphatic carbocycles.